The van der Waals surface area contributed by atoms with E-state index in [1.807, 2.05) is 29.7 Å². The van der Waals surface area contributed by atoms with Crippen molar-refractivity contribution < 1.29 is 9.21 Å². The summed E-state index contributed by atoms with van der Waals surface area (Å²) < 4.78 is 7.22. The van der Waals surface area contributed by atoms with Crippen LogP contribution in [0, 0.1) is 12.8 Å². The molecular weight excluding hydrogens is 358 g/mol. The van der Waals surface area contributed by atoms with Crippen LogP contribution < -0.4 is 10.2 Å². The Morgan fingerprint density at radius 1 is 1.21 bits per heavy atom. The fourth-order valence-corrected chi connectivity index (χ4v) is 4.14. The molecule has 1 saturated heterocycles. The number of amides is 1. The van der Waals surface area contributed by atoms with E-state index < -0.39 is 0 Å². The van der Waals surface area contributed by atoms with Crippen LogP contribution in [0.2, 0.25) is 0 Å². The predicted octanol–water partition coefficient (Wildman–Crippen LogP) is 1.52. The third kappa shape index (κ3) is 2.92. The van der Waals surface area contributed by atoms with Gasteiger partial charge in [0.15, 0.2) is 5.82 Å². The maximum absolute atomic E-state index is 12.6. The number of aryl methyl sites for hydroxylation is 1. The summed E-state index contributed by atoms with van der Waals surface area (Å²) in [5.41, 5.74) is 0.908. The van der Waals surface area contributed by atoms with Gasteiger partial charge in [-0.25, -0.2) is 0 Å². The van der Waals surface area contributed by atoms with Crippen LogP contribution in [0.5, 0.6) is 0 Å². The Bertz CT molecular complexity index is 980. The van der Waals surface area contributed by atoms with E-state index in [1.165, 1.54) is 0 Å². The Labute approximate surface area is 161 Å². The van der Waals surface area contributed by atoms with Gasteiger partial charge < -0.3 is 19.2 Å². The van der Waals surface area contributed by atoms with Gasteiger partial charge in [-0.1, -0.05) is 0 Å². The highest BCUT2D eigenvalue weighted by Crippen LogP contribution is 2.39. The average molecular weight is 379 g/mol. The SMILES string of the molecule is Cc1ccc(N2C[C@H]3CCn4c(C(=O)NCc5ccco5)nnc4[C@@H]3C2)nn1. The van der Waals surface area contributed by atoms with Crippen molar-refractivity contribution in [1.82, 2.24) is 30.3 Å². The van der Waals surface area contributed by atoms with E-state index in [1.54, 1.807) is 12.3 Å². The number of carbonyl (C=O) groups is 1. The first kappa shape index (κ1) is 16.9. The lowest BCUT2D eigenvalue weighted by molar-refractivity contribution is 0.0931. The molecule has 2 atom stereocenters. The van der Waals surface area contributed by atoms with Crippen molar-refractivity contribution in [3.8, 4) is 0 Å². The molecule has 144 valence electrons. The van der Waals surface area contributed by atoms with Crippen molar-refractivity contribution >= 4 is 11.7 Å². The van der Waals surface area contributed by atoms with Gasteiger partial charge in [0.05, 0.1) is 18.5 Å². The summed E-state index contributed by atoms with van der Waals surface area (Å²) in [7, 11) is 0. The number of hydrogen-bond acceptors (Lipinski definition) is 7. The molecule has 1 amide bonds. The topological polar surface area (TPSA) is 102 Å². The Kier molecular flexibility index (Phi) is 4.07. The summed E-state index contributed by atoms with van der Waals surface area (Å²) >= 11 is 0. The molecule has 28 heavy (non-hydrogen) atoms. The summed E-state index contributed by atoms with van der Waals surface area (Å²) in [6.07, 6.45) is 2.58. The largest absolute Gasteiger partial charge is 0.467 e. The van der Waals surface area contributed by atoms with Crippen molar-refractivity contribution in [2.24, 2.45) is 5.92 Å². The molecule has 0 spiro atoms. The van der Waals surface area contributed by atoms with Crippen LogP contribution in [0.25, 0.3) is 0 Å². The van der Waals surface area contributed by atoms with Gasteiger partial charge in [0, 0.05) is 25.6 Å². The van der Waals surface area contributed by atoms with Crippen LogP contribution in [-0.2, 0) is 13.1 Å². The Morgan fingerprint density at radius 2 is 2.14 bits per heavy atom. The predicted molar refractivity (Wildman–Crippen MR) is 99.7 cm³/mol. The lowest BCUT2D eigenvalue weighted by Crippen LogP contribution is -2.30. The highest BCUT2D eigenvalue weighted by molar-refractivity contribution is 5.90. The normalized spacial score (nSPS) is 20.7. The molecule has 5 heterocycles. The van der Waals surface area contributed by atoms with Gasteiger partial charge in [0.25, 0.3) is 5.91 Å². The van der Waals surface area contributed by atoms with Crippen molar-refractivity contribution in [2.45, 2.75) is 32.4 Å². The second kappa shape index (κ2) is 6.74. The van der Waals surface area contributed by atoms with Gasteiger partial charge in [-0.05, 0) is 43.5 Å². The molecule has 1 fully saturated rings. The van der Waals surface area contributed by atoms with Gasteiger partial charge >= 0.3 is 0 Å². The van der Waals surface area contributed by atoms with E-state index in [2.05, 4.69) is 30.6 Å². The van der Waals surface area contributed by atoms with E-state index in [-0.39, 0.29) is 11.8 Å². The average Bonchev–Trinajstić information content (AvgIpc) is 3.44. The van der Waals surface area contributed by atoms with Gasteiger partial charge in [-0.2, -0.15) is 5.10 Å². The highest BCUT2D eigenvalue weighted by Gasteiger charge is 2.41. The third-order valence-electron chi connectivity index (χ3n) is 5.59. The molecule has 0 saturated carbocycles. The summed E-state index contributed by atoms with van der Waals surface area (Å²) in [4.78, 5) is 14.8. The van der Waals surface area contributed by atoms with Crippen molar-refractivity contribution in [2.75, 3.05) is 18.0 Å². The molecule has 3 aromatic rings. The maximum atomic E-state index is 12.6. The Morgan fingerprint density at radius 3 is 2.93 bits per heavy atom. The Hall–Kier alpha value is -3.23. The molecule has 9 heteroatoms. The molecule has 5 rings (SSSR count). The zero-order chi connectivity index (χ0) is 19.1. The monoisotopic (exact) mass is 379 g/mol. The van der Waals surface area contributed by atoms with E-state index >= 15 is 0 Å². The van der Waals surface area contributed by atoms with Crippen molar-refractivity contribution in [1.29, 1.82) is 0 Å². The van der Waals surface area contributed by atoms with E-state index in [4.69, 9.17) is 4.42 Å². The van der Waals surface area contributed by atoms with Gasteiger partial charge in [-0.15, -0.1) is 15.3 Å². The molecule has 1 N–H and O–H groups in total. The van der Waals surface area contributed by atoms with Crippen LogP contribution in [0.4, 0.5) is 5.82 Å². The van der Waals surface area contributed by atoms with Crippen LogP contribution in [-0.4, -0.2) is 44.0 Å². The molecule has 0 unspecified atom stereocenters. The standard InChI is InChI=1S/C19H21N7O2/c1-12-4-5-16(22-21-12)25-10-13-6-7-26-17(15(13)11-25)23-24-18(26)19(27)20-9-14-3-2-8-28-14/h2-5,8,13,15H,6-7,9-11H2,1H3,(H,20,27)/t13-,15-/m1/s1. The third-order valence-corrected chi connectivity index (χ3v) is 5.59. The summed E-state index contributed by atoms with van der Waals surface area (Å²) in [6, 6.07) is 7.61. The first-order valence-electron chi connectivity index (χ1n) is 9.48. The summed E-state index contributed by atoms with van der Waals surface area (Å²) in [5, 5.41) is 19.9. The first-order valence-corrected chi connectivity index (χ1v) is 9.48. The highest BCUT2D eigenvalue weighted by atomic mass is 16.3. The number of furan rings is 1. The van der Waals surface area contributed by atoms with Crippen molar-refractivity contribution in [3.05, 3.63) is 53.6 Å². The van der Waals surface area contributed by atoms with Crippen LogP contribution >= 0.6 is 0 Å². The number of nitrogens with one attached hydrogen (secondary N) is 1. The number of anilines is 1. The van der Waals surface area contributed by atoms with Crippen molar-refractivity contribution in [3.63, 3.8) is 0 Å². The number of nitrogens with zero attached hydrogens (tertiary/aromatic N) is 6. The summed E-state index contributed by atoms with van der Waals surface area (Å²) in [6.45, 7) is 4.76. The minimum absolute atomic E-state index is 0.229. The lowest BCUT2D eigenvalue weighted by atomic mass is 9.89. The molecule has 9 nitrogen and oxygen atoms in total. The number of hydrogen-bond donors (Lipinski definition) is 1. The number of aromatic nitrogens is 5. The number of carbonyl (C=O) groups excluding carboxylic acids is 1. The quantitative estimate of drug-likeness (QED) is 0.733. The summed E-state index contributed by atoms with van der Waals surface area (Å²) in [5.74, 6) is 3.36. The second-order valence-electron chi connectivity index (χ2n) is 7.39. The van der Waals surface area contributed by atoms with Crippen LogP contribution in [0.15, 0.2) is 34.9 Å². The van der Waals surface area contributed by atoms with Crippen LogP contribution in [0.3, 0.4) is 0 Å². The Balaban J connectivity index is 1.33. The fraction of sp³-hybridized carbons (Fsp3) is 0.421. The zero-order valence-electron chi connectivity index (χ0n) is 15.6. The molecule has 3 aromatic heterocycles. The number of rotatable bonds is 4. The minimum Gasteiger partial charge on any atom is -0.467 e. The lowest BCUT2D eigenvalue weighted by Gasteiger charge is -2.24. The molecule has 0 aliphatic carbocycles. The fourth-order valence-electron chi connectivity index (χ4n) is 4.14. The van der Waals surface area contributed by atoms with Gasteiger partial charge in [0.2, 0.25) is 5.82 Å². The smallest absolute Gasteiger partial charge is 0.289 e. The van der Waals surface area contributed by atoms with Crippen LogP contribution in [0.1, 0.15) is 40.2 Å². The molecular formula is C19H21N7O2. The number of fused-ring (bicyclic) bond motifs is 3. The molecule has 0 aromatic carbocycles. The van der Waals surface area contributed by atoms with E-state index in [0.717, 1.165) is 43.4 Å². The second-order valence-corrected chi connectivity index (χ2v) is 7.39. The molecule has 0 bridgehead atoms. The van der Waals surface area contributed by atoms with E-state index in [9.17, 15) is 4.79 Å². The molecule has 2 aliphatic rings. The maximum Gasteiger partial charge on any atom is 0.289 e. The zero-order valence-corrected chi connectivity index (χ0v) is 15.6. The first-order chi connectivity index (χ1) is 13.7. The van der Waals surface area contributed by atoms with Gasteiger partial charge in [0.1, 0.15) is 11.6 Å². The van der Waals surface area contributed by atoms with Gasteiger partial charge in [-0.3, -0.25) is 4.79 Å². The van der Waals surface area contributed by atoms with E-state index in [0.29, 0.717) is 24.0 Å². The molecule has 2 aliphatic heterocycles. The molecule has 0 radical (unpaired) electrons. The minimum atomic E-state index is -0.229.